The van der Waals surface area contributed by atoms with Crippen LogP contribution in [0.15, 0.2) is 24.3 Å². The zero-order valence-electron chi connectivity index (χ0n) is 11.4. The highest BCUT2D eigenvalue weighted by molar-refractivity contribution is 6.30. The Bertz CT molecular complexity index is 380. The van der Waals surface area contributed by atoms with Gasteiger partial charge in [-0.1, -0.05) is 25.4 Å². The fraction of sp³-hybridized carbons (Fsp3) is 0.500. The normalized spacial score (nSPS) is 10.3. The van der Waals surface area contributed by atoms with E-state index >= 15 is 0 Å². The smallest absolute Gasteiger partial charge is 0.314 e. The Morgan fingerprint density at radius 2 is 1.84 bits per heavy atom. The van der Waals surface area contributed by atoms with Crippen LogP contribution in [0.4, 0.5) is 4.79 Å². The number of carbonyl (C=O) groups is 1. The van der Waals surface area contributed by atoms with Crippen molar-refractivity contribution in [2.75, 3.05) is 19.7 Å². The number of ether oxygens (including phenoxy) is 1. The van der Waals surface area contributed by atoms with Crippen LogP contribution in [0.25, 0.3) is 0 Å². The van der Waals surface area contributed by atoms with Crippen molar-refractivity contribution in [2.24, 2.45) is 5.92 Å². The first-order valence-electron chi connectivity index (χ1n) is 6.48. The number of nitrogens with one attached hydrogen (secondary N) is 2. The molecular formula is C14H21ClN2O2. The molecule has 19 heavy (non-hydrogen) atoms. The average molecular weight is 285 g/mol. The molecule has 0 fully saturated rings. The van der Waals surface area contributed by atoms with Crippen molar-refractivity contribution in [2.45, 2.75) is 20.3 Å². The lowest BCUT2D eigenvalue weighted by atomic mass is 10.1. The van der Waals surface area contributed by atoms with Gasteiger partial charge in [-0.05, 0) is 36.6 Å². The molecule has 1 rings (SSSR count). The van der Waals surface area contributed by atoms with Crippen molar-refractivity contribution in [1.82, 2.24) is 10.6 Å². The molecule has 0 aliphatic rings. The number of amides is 2. The summed E-state index contributed by atoms with van der Waals surface area (Å²) in [4.78, 5) is 11.4. The lowest BCUT2D eigenvalue weighted by Crippen LogP contribution is -2.38. The first kappa shape index (κ1) is 15.6. The van der Waals surface area contributed by atoms with Gasteiger partial charge in [-0.3, -0.25) is 0 Å². The van der Waals surface area contributed by atoms with Crippen LogP contribution in [0.2, 0.25) is 5.02 Å². The third-order valence-electron chi connectivity index (χ3n) is 2.48. The summed E-state index contributed by atoms with van der Waals surface area (Å²) in [5, 5.41) is 6.21. The summed E-state index contributed by atoms with van der Waals surface area (Å²) < 4.78 is 5.45. The number of rotatable bonds is 7. The topological polar surface area (TPSA) is 50.4 Å². The summed E-state index contributed by atoms with van der Waals surface area (Å²) in [6.07, 6.45) is 0.981. The molecular weight excluding hydrogens is 264 g/mol. The van der Waals surface area contributed by atoms with Crippen molar-refractivity contribution in [3.05, 3.63) is 29.3 Å². The maximum Gasteiger partial charge on any atom is 0.314 e. The molecule has 0 radical (unpaired) electrons. The van der Waals surface area contributed by atoms with Gasteiger partial charge in [0.1, 0.15) is 12.4 Å². The van der Waals surface area contributed by atoms with Gasteiger partial charge >= 0.3 is 6.03 Å². The minimum atomic E-state index is -0.152. The second kappa shape index (κ2) is 8.64. The Morgan fingerprint density at radius 1 is 1.21 bits per heavy atom. The largest absolute Gasteiger partial charge is 0.492 e. The van der Waals surface area contributed by atoms with E-state index in [4.69, 9.17) is 16.3 Å². The van der Waals surface area contributed by atoms with E-state index in [0.717, 1.165) is 12.2 Å². The molecule has 0 saturated carbocycles. The summed E-state index contributed by atoms with van der Waals surface area (Å²) in [5.74, 6) is 1.33. The number of hydrogen-bond acceptors (Lipinski definition) is 2. The van der Waals surface area contributed by atoms with E-state index in [0.29, 0.717) is 30.6 Å². The van der Waals surface area contributed by atoms with Crippen molar-refractivity contribution in [3.63, 3.8) is 0 Å². The first-order chi connectivity index (χ1) is 9.08. The number of carbonyl (C=O) groups excluding carboxylic acids is 1. The van der Waals surface area contributed by atoms with Crippen molar-refractivity contribution in [3.8, 4) is 5.75 Å². The maximum atomic E-state index is 11.4. The summed E-state index contributed by atoms with van der Waals surface area (Å²) in [6, 6.07) is 6.97. The summed E-state index contributed by atoms with van der Waals surface area (Å²) >= 11 is 5.76. The first-order valence-corrected chi connectivity index (χ1v) is 6.86. The Labute approximate surface area is 119 Å². The number of urea groups is 1. The van der Waals surface area contributed by atoms with Crippen LogP contribution in [0.3, 0.4) is 0 Å². The highest BCUT2D eigenvalue weighted by Crippen LogP contribution is 2.14. The molecule has 0 aliphatic heterocycles. The molecule has 1 aromatic rings. The van der Waals surface area contributed by atoms with E-state index in [-0.39, 0.29) is 6.03 Å². The molecule has 0 heterocycles. The number of halogens is 1. The lowest BCUT2D eigenvalue weighted by molar-refractivity contribution is 0.236. The number of benzene rings is 1. The molecule has 0 saturated heterocycles. The van der Waals surface area contributed by atoms with Crippen LogP contribution in [-0.2, 0) is 0 Å². The molecule has 2 amide bonds. The van der Waals surface area contributed by atoms with Gasteiger partial charge in [0.2, 0.25) is 0 Å². The van der Waals surface area contributed by atoms with Crippen molar-refractivity contribution >= 4 is 17.6 Å². The second-order valence-corrected chi connectivity index (χ2v) is 5.10. The summed E-state index contributed by atoms with van der Waals surface area (Å²) in [5.41, 5.74) is 0. The number of hydrogen-bond donors (Lipinski definition) is 2. The van der Waals surface area contributed by atoms with Crippen LogP contribution in [0, 0.1) is 5.92 Å². The Kier molecular flexibility index (Phi) is 7.11. The fourth-order valence-corrected chi connectivity index (χ4v) is 1.53. The zero-order chi connectivity index (χ0) is 14.1. The Morgan fingerprint density at radius 3 is 2.47 bits per heavy atom. The summed E-state index contributed by atoms with van der Waals surface area (Å²) in [6.45, 7) is 5.84. The highest BCUT2D eigenvalue weighted by Gasteiger charge is 2.00. The molecule has 106 valence electrons. The Balaban J connectivity index is 2.07. The molecule has 0 atom stereocenters. The SMILES string of the molecule is CC(C)CCNC(=O)NCCOc1ccc(Cl)cc1. The monoisotopic (exact) mass is 284 g/mol. The van der Waals surface area contributed by atoms with Crippen LogP contribution < -0.4 is 15.4 Å². The van der Waals surface area contributed by atoms with Gasteiger partial charge in [0, 0.05) is 11.6 Å². The quantitative estimate of drug-likeness (QED) is 0.756. The standard InChI is InChI=1S/C14H21ClN2O2/c1-11(2)7-8-16-14(18)17-9-10-19-13-5-3-12(15)4-6-13/h3-6,11H,7-10H2,1-2H3,(H2,16,17,18). The molecule has 0 aromatic heterocycles. The van der Waals surface area contributed by atoms with Crippen LogP contribution in [0.1, 0.15) is 20.3 Å². The van der Waals surface area contributed by atoms with E-state index in [1.807, 2.05) is 0 Å². The van der Waals surface area contributed by atoms with E-state index in [1.54, 1.807) is 24.3 Å². The van der Waals surface area contributed by atoms with Gasteiger partial charge < -0.3 is 15.4 Å². The van der Waals surface area contributed by atoms with Gasteiger partial charge in [0.05, 0.1) is 6.54 Å². The highest BCUT2D eigenvalue weighted by atomic mass is 35.5. The third-order valence-corrected chi connectivity index (χ3v) is 2.73. The molecule has 4 nitrogen and oxygen atoms in total. The zero-order valence-corrected chi connectivity index (χ0v) is 12.2. The Hall–Kier alpha value is -1.42. The van der Waals surface area contributed by atoms with E-state index in [1.165, 1.54) is 0 Å². The van der Waals surface area contributed by atoms with Crippen molar-refractivity contribution in [1.29, 1.82) is 0 Å². The molecule has 0 bridgehead atoms. The molecule has 5 heteroatoms. The van der Waals surface area contributed by atoms with Gasteiger partial charge in [0.25, 0.3) is 0 Å². The molecule has 2 N–H and O–H groups in total. The molecule has 0 unspecified atom stereocenters. The summed E-state index contributed by atoms with van der Waals surface area (Å²) in [7, 11) is 0. The molecule has 1 aromatic carbocycles. The minimum absolute atomic E-state index is 0.152. The van der Waals surface area contributed by atoms with Crippen molar-refractivity contribution < 1.29 is 9.53 Å². The fourth-order valence-electron chi connectivity index (χ4n) is 1.40. The predicted octanol–water partition coefficient (Wildman–Crippen LogP) is 3.06. The molecule has 0 spiro atoms. The predicted molar refractivity (Wildman–Crippen MR) is 77.8 cm³/mol. The van der Waals surface area contributed by atoms with Crippen LogP contribution in [-0.4, -0.2) is 25.7 Å². The van der Waals surface area contributed by atoms with E-state index in [9.17, 15) is 4.79 Å². The van der Waals surface area contributed by atoms with Gasteiger partial charge in [-0.15, -0.1) is 0 Å². The van der Waals surface area contributed by atoms with E-state index in [2.05, 4.69) is 24.5 Å². The minimum Gasteiger partial charge on any atom is -0.492 e. The van der Waals surface area contributed by atoms with Gasteiger partial charge in [-0.25, -0.2) is 4.79 Å². The lowest BCUT2D eigenvalue weighted by Gasteiger charge is -2.10. The van der Waals surface area contributed by atoms with Crippen LogP contribution >= 0.6 is 11.6 Å². The average Bonchev–Trinajstić information content (AvgIpc) is 2.36. The maximum absolute atomic E-state index is 11.4. The van der Waals surface area contributed by atoms with Gasteiger partial charge in [-0.2, -0.15) is 0 Å². The molecule has 0 aliphatic carbocycles. The van der Waals surface area contributed by atoms with Gasteiger partial charge in [0.15, 0.2) is 0 Å². The van der Waals surface area contributed by atoms with E-state index < -0.39 is 0 Å². The third kappa shape index (κ3) is 7.57. The second-order valence-electron chi connectivity index (χ2n) is 4.67. The van der Waals surface area contributed by atoms with Crippen LogP contribution in [0.5, 0.6) is 5.75 Å².